The molecule has 0 amide bonds. The van der Waals surface area contributed by atoms with E-state index in [4.69, 9.17) is 4.74 Å². The molecule has 0 spiro atoms. The van der Waals surface area contributed by atoms with Crippen molar-refractivity contribution in [2.75, 3.05) is 7.11 Å². The van der Waals surface area contributed by atoms with Crippen molar-refractivity contribution in [3.05, 3.63) is 36.9 Å². The van der Waals surface area contributed by atoms with E-state index in [1.807, 2.05) is 6.08 Å². The van der Waals surface area contributed by atoms with E-state index >= 15 is 0 Å². The lowest BCUT2D eigenvalue weighted by atomic mass is 10.0. The number of hydrogen-bond donors (Lipinski definition) is 0. The summed E-state index contributed by atoms with van der Waals surface area (Å²) in [4.78, 5) is 11.6. The number of carbonyl (C=O) groups excluding carboxylic acids is 1. The Hall–Kier alpha value is -0.360. The topological polar surface area (TPSA) is 26.3 Å². The molecule has 0 radical (unpaired) electrons. The summed E-state index contributed by atoms with van der Waals surface area (Å²) in [7, 11) is 1.43. The normalized spacial score (nSPS) is 14.6. The van der Waals surface area contributed by atoms with Crippen molar-refractivity contribution in [3.8, 4) is 0 Å². The van der Waals surface area contributed by atoms with Crippen LogP contribution in [0.15, 0.2) is 22.2 Å². The smallest absolute Gasteiger partial charge is 0.333 e. The lowest BCUT2D eigenvalue weighted by Crippen LogP contribution is -2.04. The Kier molecular flexibility index (Phi) is 4.25. The van der Waals surface area contributed by atoms with Gasteiger partial charge in [0.25, 0.3) is 0 Å². The third-order valence-corrected chi connectivity index (χ3v) is 5.45. The molecule has 1 aromatic rings. The molecule has 90 valence electrons. The second-order valence-electron chi connectivity index (χ2n) is 3.95. The van der Waals surface area contributed by atoms with Crippen molar-refractivity contribution in [2.24, 2.45) is 0 Å². The third kappa shape index (κ3) is 2.73. The lowest BCUT2D eigenvalue weighted by Gasteiger charge is -2.07. The van der Waals surface area contributed by atoms with Gasteiger partial charge in [0.2, 0.25) is 0 Å². The highest BCUT2D eigenvalue weighted by molar-refractivity contribution is 14.1. The molecular formula is C13H12BrIO2. The highest BCUT2D eigenvalue weighted by Gasteiger charge is 2.17. The summed E-state index contributed by atoms with van der Waals surface area (Å²) in [6.07, 6.45) is 4.76. The van der Waals surface area contributed by atoms with E-state index < -0.39 is 0 Å². The molecule has 1 aliphatic rings. The van der Waals surface area contributed by atoms with Gasteiger partial charge < -0.3 is 4.74 Å². The van der Waals surface area contributed by atoms with Gasteiger partial charge in [-0.25, -0.2) is 4.79 Å². The fourth-order valence-corrected chi connectivity index (χ4v) is 3.02. The lowest BCUT2D eigenvalue weighted by molar-refractivity contribution is -0.136. The van der Waals surface area contributed by atoms with E-state index in [9.17, 15) is 4.79 Å². The summed E-state index contributed by atoms with van der Waals surface area (Å²) in [5.74, 6) is -0.214. The summed E-state index contributed by atoms with van der Waals surface area (Å²) in [6.45, 7) is 0. The van der Waals surface area contributed by atoms with Crippen molar-refractivity contribution in [1.82, 2.24) is 0 Å². The number of aryl methyl sites for hydroxylation is 1. The van der Waals surface area contributed by atoms with Crippen molar-refractivity contribution in [3.63, 3.8) is 0 Å². The molecule has 4 heteroatoms. The second-order valence-corrected chi connectivity index (χ2v) is 5.88. The minimum Gasteiger partial charge on any atom is -0.466 e. The van der Waals surface area contributed by atoms with Crippen LogP contribution in [0.1, 0.15) is 24.0 Å². The predicted octanol–water partition coefficient (Wildman–Crippen LogP) is 3.95. The van der Waals surface area contributed by atoms with E-state index in [1.54, 1.807) is 0 Å². The van der Waals surface area contributed by atoms with Gasteiger partial charge in [-0.15, -0.1) is 0 Å². The maximum absolute atomic E-state index is 11.6. The number of rotatable bonds is 1. The maximum atomic E-state index is 11.6. The number of ether oxygens (including phenoxy) is 1. The largest absolute Gasteiger partial charge is 0.466 e. The van der Waals surface area contributed by atoms with Crippen LogP contribution in [0.25, 0.3) is 6.08 Å². The summed E-state index contributed by atoms with van der Waals surface area (Å²) < 4.78 is 7.03. The Morgan fingerprint density at radius 2 is 2.18 bits per heavy atom. The zero-order chi connectivity index (χ0) is 12.4. The summed E-state index contributed by atoms with van der Waals surface area (Å²) in [5, 5.41) is 0. The van der Waals surface area contributed by atoms with Gasteiger partial charge in [0.15, 0.2) is 0 Å². The molecule has 0 saturated carbocycles. The molecule has 0 bridgehead atoms. The van der Waals surface area contributed by atoms with E-state index in [2.05, 4.69) is 50.7 Å². The Balaban J connectivity index is 2.53. The van der Waals surface area contributed by atoms with Gasteiger partial charge in [0, 0.05) is 13.6 Å². The first-order chi connectivity index (χ1) is 8.13. The Bertz CT molecular complexity index is 494. The second kappa shape index (κ2) is 5.52. The van der Waals surface area contributed by atoms with Crippen molar-refractivity contribution in [2.45, 2.75) is 19.3 Å². The average molecular weight is 407 g/mol. The molecule has 0 atom stereocenters. The first kappa shape index (κ1) is 13.1. The van der Waals surface area contributed by atoms with Crippen LogP contribution in [0.3, 0.4) is 0 Å². The fourth-order valence-electron chi connectivity index (χ4n) is 1.99. The van der Waals surface area contributed by atoms with Crippen molar-refractivity contribution < 1.29 is 9.53 Å². The predicted molar refractivity (Wildman–Crippen MR) is 79.8 cm³/mol. The Morgan fingerprint density at radius 1 is 1.41 bits per heavy atom. The number of methoxy groups -OCH3 is 1. The number of hydrogen-bond acceptors (Lipinski definition) is 2. The summed E-state index contributed by atoms with van der Waals surface area (Å²) in [5.41, 5.74) is 3.22. The number of carbonyl (C=O) groups is 1. The number of fused-ring (bicyclic) bond motifs is 1. The standard InChI is InChI=1S/C13H12BrIO2/c1-17-13(16)9-4-2-3-8-5-6-11(14)12(15)10(8)7-9/h5-7H,2-4H2,1H3. The minimum atomic E-state index is -0.214. The molecule has 0 aliphatic heterocycles. The molecule has 0 unspecified atom stereocenters. The van der Waals surface area contributed by atoms with Gasteiger partial charge in [-0.05, 0) is 81.1 Å². The Labute approximate surface area is 123 Å². The van der Waals surface area contributed by atoms with Gasteiger partial charge in [-0.3, -0.25) is 0 Å². The molecule has 0 heterocycles. The van der Waals surface area contributed by atoms with Crippen LogP contribution >= 0.6 is 38.5 Å². The fraction of sp³-hybridized carbons (Fsp3) is 0.308. The average Bonchev–Trinajstić information content (AvgIpc) is 2.55. The molecule has 1 aromatic carbocycles. The third-order valence-electron chi connectivity index (χ3n) is 2.88. The molecule has 2 rings (SSSR count). The number of benzene rings is 1. The monoisotopic (exact) mass is 406 g/mol. The van der Waals surface area contributed by atoms with Crippen LogP contribution in [-0.2, 0) is 16.0 Å². The van der Waals surface area contributed by atoms with E-state index in [-0.39, 0.29) is 5.97 Å². The molecule has 2 nitrogen and oxygen atoms in total. The van der Waals surface area contributed by atoms with Crippen LogP contribution in [0, 0.1) is 3.57 Å². The van der Waals surface area contributed by atoms with E-state index in [1.165, 1.54) is 12.7 Å². The molecule has 17 heavy (non-hydrogen) atoms. The summed E-state index contributed by atoms with van der Waals surface area (Å²) in [6, 6.07) is 4.19. The van der Waals surface area contributed by atoms with E-state index in [0.717, 1.165) is 38.4 Å². The highest BCUT2D eigenvalue weighted by atomic mass is 127. The quantitative estimate of drug-likeness (QED) is 0.521. The SMILES string of the molecule is COC(=O)C1=Cc2c(ccc(Br)c2I)CCC1. The van der Waals surface area contributed by atoms with Gasteiger partial charge in [0.1, 0.15) is 0 Å². The van der Waals surface area contributed by atoms with Gasteiger partial charge in [-0.1, -0.05) is 6.07 Å². The van der Waals surface area contributed by atoms with Gasteiger partial charge in [0.05, 0.1) is 7.11 Å². The van der Waals surface area contributed by atoms with E-state index in [0.29, 0.717) is 0 Å². The first-order valence-electron chi connectivity index (χ1n) is 5.39. The zero-order valence-electron chi connectivity index (χ0n) is 9.43. The number of halogens is 2. The minimum absolute atomic E-state index is 0.214. The van der Waals surface area contributed by atoms with Crippen LogP contribution < -0.4 is 0 Å². The number of esters is 1. The molecule has 0 fully saturated rings. The van der Waals surface area contributed by atoms with Crippen LogP contribution in [0.5, 0.6) is 0 Å². The van der Waals surface area contributed by atoms with Gasteiger partial charge in [-0.2, -0.15) is 0 Å². The van der Waals surface area contributed by atoms with Crippen molar-refractivity contribution in [1.29, 1.82) is 0 Å². The van der Waals surface area contributed by atoms with Gasteiger partial charge >= 0.3 is 5.97 Å². The zero-order valence-corrected chi connectivity index (χ0v) is 13.2. The Morgan fingerprint density at radius 3 is 2.88 bits per heavy atom. The maximum Gasteiger partial charge on any atom is 0.333 e. The summed E-state index contributed by atoms with van der Waals surface area (Å²) >= 11 is 5.83. The highest BCUT2D eigenvalue weighted by Crippen LogP contribution is 2.31. The van der Waals surface area contributed by atoms with Crippen LogP contribution in [-0.4, -0.2) is 13.1 Å². The molecule has 0 N–H and O–H groups in total. The molecule has 0 saturated heterocycles. The van der Waals surface area contributed by atoms with Crippen LogP contribution in [0.4, 0.5) is 0 Å². The van der Waals surface area contributed by atoms with Crippen molar-refractivity contribution >= 4 is 50.6 Å². The van der Waals surface area contributed by atoms with Crippen LogP contribution in [0.2, 0.25) is 0 Å². The molecular weight excluding hydrogens is 395 g/mol. The molecule has 1 aliphatic carbocycles. The molecule has 0 aromatic heterocycles. The first-order valence-corrected chi connectivity index (χ1v) is 7.26.